The molecular formula is C15H16N2O. The SMILES string of the molecule is Nc1cncc(OC2CCCc3ccccc32)c1. The van der Waals surface area contributed by atoms with Crippen LogP contribution in [0.25, 0.3) is 0 Å². The number of anilines is 1. The molecule has 0 saturated carbocycles. The minimum Gasteiger partial charge on any atom is -0.484 e. The van der Waals surface area contributed by atoms with Gasteiger partial charge in [0.2, 0.25) is 0 Å². The second-order valence-electron chi connectivity index (χ2n) is 4.65. The third-order valence-electron chi connectivity index (χ3n) is 3.33. The first kappa shape index (κ1) is 11.1. The fourth-order valence-corrected chi connectivity index (χ4v) is 2.50. The number of pyridine rings is 1. The number of nitrogens with two attached hydrogens (primary N) is 1. The summed E-state index contributed by atoms with van der Waals surface area (Å²) in [5, 5.41) is 0. The number of rotatable bonds is 2. The molecule has 1 aromatic carbocycles. The molecule has 1 aliphatic carbocycles. The van der Waals surface area contributed by atoms with E-state index in [0.29, 0.717) is 5.69 Å². The van der Waals surface area contributed by atoms with Gasteiger partial charge in [-0.25, -0.2) is 0 Å². The van der Waals surface area contributed by atoms with Crippen molar-refractivity contribution in [3.63, 3.8) is 0 Å². The van der Waals surface area contributed by atoms with Crippen molar-refractivity contribution in [2.75, 3.05) is 5.73 Å². The summed E-state index contributed by atoms with van der Waals surface area (Å²) in [6, 6.07) is 10.3. The Morgan fingerprint density at radius 1 is 1.22 bits per heavy atom. The summed E-state index contributed by atoms with van der Waals surface area (Å²) in [6.07, 6.45) is 6.82. The molecule has 1 aliphatic rings. The Morgan fingerprint density at radius 2 is 2.11 bits per heavy atom. The fraction of sp³-hybridized carbons (Fsp3) is 0.267. The van der Waals surface area contributed by atoms with Crippen LogP contribution in [0.3, 0.4) is 0 Å². The molecule has 0 saturated heterocycles. The number of nitrogens with zero attached hydrogens (tertiary/aromatic N) is 1. The molecular weight excluding hydrogens is 224 g/mol. The first-order chi connectivity index (χ1) is 8.83. The van der Waals surface area contributed by atoms with E-state index >= 15 is 0 Å². The zero-order valence-electron chi connectivity index (χ0n) is 10.2. The molecule has 3 rings (SSSR count). The van der Waals surface area contributed by atoms with Gasteiger partial charge in [-0.1, -0.05) is 24.3 Å². The quantitative estimate of drug-likeness (QED) is 0.877. The van der Waals surface area contributed by atoms with Gasteiger partial charge < -0.3 is 10.5 Å². The van der Waals surface area contributed by atoms with Gasteiger partial charge in [0, 0.05) is 6.07 Å². The van der Waals surface area contributed by atoms with Gasteiger partial charge in [0.25, 0.3) is 0 Å². The standard InChI is InChI=1S/C15H16N2O/c16-12-8-13(10-17-9-12)18-15-7-3-5-11-4-1-2-6-14(11)15/h1-2,4,6,8-10,15H,3,5,7,16H2. The van der Waals surface area contributed by atoms with Gasteiger partial charge in [-0.05, 0) is 30.4 Å². The molecule has 0 radical (unpaired) electrons. The van der Waals surface area contributed by atoms with Crippen LogP contribution < -0.4 is 10.5 Å². The Kier molecular flexibility index (Phi) is 2.89. The number of fused-ring (bicyclic) bond motifs is 1. The zero-order chi connectivity index (χ0) is 12.4. The van der Waals surface area contributed by atoms with Crippen LogP contribution in [0.4, 0.5) is 5.69 Å². The van der Waals surface area contributed by atoms with Gasteiger partial charge in [0.1, 0.15) is 11.9 Å². The van der Waals surface area contributed by atoms with Crippen LogP contribution in [-0.4, -0.2) is 4.98 Å². The molecule has 18 heavy (non-hydrogen) atoms. The van der Waals surface area contributed by atoms with Crippen LogP contribution >= 0.6 is 0 Å². The highest BCUT2D eigenvalue weighted by Gasteiger charge is 2.21. The monoisotopic (exact) mass is 240 g/mol. The summed E-state index contributed by atoms with van der Waals surface area (Å²) < 4.78 is 6.02. The van der Waals surface area contributed by atoms with Gasteiger partial charge in [-0.2, -0.15) is 0 Å². The minimum atomic E-state index is 0.124. The van der Waals surface area contributed by atoms with E-state index in [1.165, 1.54) is 11.1 Å². The van der Waals surface area contributed by atoms with Gasteiger partial charge in [0.05, 0.1) is 18.1 Å². The van der Waals surface area contributed by atoms with Crippen LogP contribution in [-0.2, 0) is 6.42 Å². The summed E-state index contributed by atoms with van der Waals surface area (Å²) in [6.45, 7) is 0. The highest BCUT2D eigenvalue weighted by Crippen LogP contribution is 2.33. The van der Waals surface area contributed by atoms with Crippen molar-refractivity contribution in [3.8, 4) is 5.75 Å². The smallest absolute Gasteiger partial charge is 0.140 e. The Bertz CT molecular complexity index is 554. The Balaban J connectivity index is 1.86. The predicted octanol–water partition coefficient (Wildman–Crippen LogP) is 3.12. The maximum atomic E-state index is 6.02. The maximum Gasteiger partial charge on any atom is 0.140 e. The van der Waals surface area contributed by atoms with Crippen molar-refractivity contribution in [1.29, 1.82) is 0 Å². The summed E-state index contributed by atoms with van der Waals surface area (Å²) in [7, 11) is 0. The highest BCUT2D eigenvalue weighted by atomic mass is 16.5. The normalized spacial score (nSPS) is 18.1. The molecule has 1 unspecified atom stereocenters. The fourth-order valence-electron chi connectivity index (χ4n) is 2.50. The van der Waals surface area contributed by atoms with E-state index in [-0.39, 0.29) is 6.10 Å². The number of aromatic nitrogens is 1. The molecule has 0 fully saturated rings. The van der Waals surface area contributed by atoms with Gasteiger partial charge in [-0.15, -0.1) is 0 Å². The third-order valence-corrected chi connectivity index (χ3v) is 3.33. The van der Waals surface area contributed by atoms with E-state index in [1.807, 2.05) is 6.07 Å². The van der Waals surface area contributed by atoms with E-state index in [0.717, 1.165) is 25.0 Å². The number of nitrogen functional groups attached to an aromatic ring is 1. The van der Waals surface area contributed by atoms with Crippen molar-refractivity contribution in [2.45, 2.75) is 25.4 Å². The molecule has 0 bridgehead atoms. The second-order valence-corrected chi connectivity index (χ2v) is 4.65. The lowest BCUT2D eigenvalue weighted by atomic mass is 9.89. The lowest BCUT2D eigenvalue weighted by molar-refractivity contribution is 0.183. The average Bonchev–Trinajstić information content (AvgIpc) is 2.39. The van der Waals surface area contributed by atoms with E-state index in [4.69, 9.17) is 10.5 Å². The number of ether oxygens (including phenoxy) is 1. The summed E-state index contributed by atoms with van der Waals surface area (Å²) in [4.78, 5) is 4.06. The van der Waals surface area contributed by atoms with E-state index < -0.39 is 0 Å². The van der Waals surface area contributed by atoms with Crippen molar-refractivity contribution in [2.24, 2.45) is 0 Å². The molecule has 3 heteroatoms. The van der Waals surface area contributed by atoms with E-state index in [1.54, 1.807) is 12.4 Å². The van der Waals surface area contributed by atoms with Crippen molar-refractivity contribution >= 4 is 5.69 Å². The highest BCUT2D eigenvalue weighted by molar-refractivity contribution is 5.40. The van der Waals surface area contributed by atoms with Crippen LogP contribution in [0.15, 0.2) is 42.7 Å². The molecule has 0 aliphatic heterocycles. The minimum absolute atomic E-state index is 0.124. The van der Waals surface area contributed by atoms with Crippen LogP contribution in [0, 0.1) is 0 Å². The Labute approximate surface area is 107 Å². The molecule has 3 nitrogen and oxygen atoms in total. The Hall–Kier alpha value is -2.03. The van der Waals surface area contributed by atoms with Gasteiger partial charge in [-0.3, -0.25) is 4.98 Å². The van der Waals surface area contributed by atoms with Gasteiger partial charge in [0.15, 0.2) is 0 Å². The zero-order valence-corrected chi connectivity index (χ0v) is 10.2. The molecule has 92 valence electrons. The number of aryl methyl sites for hydroxylation is 1. The summed E-state index contributed by atoms with van der Waals surface area (Å²) >= 11 is 0. The van der Waals surface area contributed by atoms with E-state index in [9.17, 15) is 0 Å². The third kappa shape index (κ3) is 2.16. The first-order valence-electron chi connectivity index (χ1n) is 6.28. The molecule has 0 spiro atoms. The first-order valence-corrected chi connectivity index (χ1v) is 6.28. The number of hydrogen-bond donors (Lipinski definition) is 1. The summed E-state index contributed by atoms with van der Waals surface area (Å²) in [5.41, 5.74) is 9.04. The van der Waals surface area contributed by atoms with Crippen molar-refractivity contribution in [3.05, 3.63) is 53.9 Å². The topological polar surface area (TPSA) is 48.1 Å². The molecule has 1 atom stereocenters. The molecule has 2 N–H and O–H groups in total. The lowest BCUT2D eigenvalue weighted by Gasteiger charge is -2.26. The number of benzene rings is 1. The molecule has 0 amide bonds. The molecule has 2 aromatic rings. The van der Waals surface area contributed by atoms with Crippen LogP contribution in [0.1, 0.15) is 30.1 Å². The van der Waals surface area contributed by atoms with Gasteiger partial charge >= 0.3 is 0 Å². The second kappa shape index (κ2) is 4.69. The average molecular weight is 240 g/mol. The Morgan fingerprint density at radius 3 is 3.00 bits per heavy atom. The largest absolute Gasteiger partial charge is 0.484 e. The summed E-state index contributed by atoms with van der Waals surface area (Å²) in [5.74, 6) is 0.747. The van der Waals surface area contributed by atoms with Crippen LogP contribution in [0.5, 0.6) is 5.75 Å². The van der Waals surface area contributed by atoms with Crippen LogP contribution in [0.2, 0.25) is 0 Å². The maximum absolute atomic E-state index is 6.02. The lowest BCUT2D eigenvalue weighted by Crippen LogP contribution is -2.15. The molecule has 1 heterocycles. The van der Waals surface area contributed by atoms with Crippen molar-refractivity contribution < 1.29 is 4.74 Å². The van der Waals surface area contributed by atoms with Crippen molar-refractivity contribution in [1.82, 2.24) is 4.98 Å². The molecule has 1 aromatic heterocycles. The number of hydrogen-bond acceptors (Lipinski definition) is 3. The predicted molar refractivity (Wildman–Crippen MR) is 71.4 cm³/mol. The van der Waals surface area contributed by atoms with E-state index in [2.05, 4.69) is 29.2 Å².